The third-order valence-corrected chi connectivity index (χ3v) is 4.41. The topological polar surface area (TPSA) is 141 Å². The van der Waals surface area contributed by atoms with E-state index in [-0.39, 0.29) is 17.4 Å². The molecule has 0 heterocycles. The summed E-state index contributed by atoms with van der Waals surface area (Å²) in [4.78, 5) is 13.4. The zero-order valence-electron chi connectivity index (χ0n) is 16.4. The average molecular weight is 419 g/mol. The van der Waals surface area contributed by atoms with Gasteiger partial charge in [0.25, 0.3) is 20.2 Å². The predicted molar refractivity (Wildman–Crippen MR) is 104 cm³/mol. The van der Waals surface area contributed by atoms with Gasteiger partial charge in [0.2, 0.25) is 5.91 Å². The Morgan fingerprint density at radius 3 is 1.54 bits per heavy atom. The van der Waals surface area contributed by atoms with Crippen LogP contribution in [-0.2, 0) is 25.0 Å². The third kappa shape index (κ3) is 27.8. The molecule has 9 nitrogen and oxygen atoms in total. The number of nitrogens with one attached hydrogen (secondary N) is 1. The van der Waals surface area contributed by atoms with E-state index in [0.717, 1.165) is 32.6 Å². The van der Waals surface area contributed by atoms with E-state index in [1.807, 2.05) is 0 Å². The van der Waals surface area contributed by atoms with Gasteiger partial charge in [-0.25, -0.2) is 0 Å². The lowest BCUT2D eigenvalue weighted by Gasteiger charge is -2.17. The Kier molecular flexibility index (Phi) is 18.5. The summed E-state index contributed by atoms with van der Waals surface area (Å²) in [5.41, 5.74) is 0.577. The molecule has 0 aromatic carbocycles. The maximum absolute atomic E-state index is 11.1. The molecule has 3 N–H and O–H groups in total. The molecule has 0 radical (unpaired) electrons. The molecule has 0 fully saturated rings. The van der Waals surface area contributed by atoms with Gasteiger partial charge in [0.1, 0.15) is 0 Å². The summed E-state index contributed by atoms with van der Waals surface area (Å²) in [7, 11) is -7.32. The van der Waals surface area contributed by atoms with Gasteiger partial charge in [0, 0.05) is 12.1 Å². The molecule has 0 saturated heterocycles. The highest BCUT2D eigenvalue weighted by atomic mass is 32.2. The first-order valence-corrected chi connectivity index (χ1v) is 11.5. The fourth-order valence-electron chi connectivity index (χ4n) is 1.20. The van der Waals surface area contributed by atoms with Crippen molar-refractivity contribution < 1.29 is 30.7 Å². The van der Waals surface area contributed by atoms with Gasteiger partial charge in [0.15, 0.2) is 0 Å². The minimum Gasteiger partial charge on any atom is -0.352 e. The van der Waals surface area contributed by atoms with Crippen LogP contribution in [0.1, 0.15) is 41.0 Å². The smallest absolute Gasteiger partial charge is 0.264 e. The molecule has 0 rings (SSSR count). The summed E-state index contributed by atoms with van der Waals surface area (Å²) in [5, 5.41) is 2.82. The van der Waals surface area contributed by atoms with Crippen molar-refractivity contribution in [2.24, 2.45) is 0 Å². The number of nitrogens with zero attached hydrogens (tertiary/aromatic N) is 1. The number of carbonyl (C=O) groups is 1. The molecule has 0 aliphatic rings. The molecule has 0 saturated carbocycles. The Morgan fingerprint density at radius 2 is 1.31 bits per heavy atom. The number of carbonyl (C=O) groups excluding carboxylic acids is 1. The van der Waals surface area contributed by atoms with Crippen LogP contribution in [0.25, 0.3) is 0 Å². The maximum atomic E-state index is 11.1. The van der Waals surface area contributed by atoms with Crippen molar-refractivity contribution in [3.8, 4) is 0 Å². The summed E-state index contributed by atoms with van der Waals surface area (Å²) in [6.45, 7) is 16.3. The number of hydrogen-bond donors (Lipinski definition) is 3. The van der Waals surface area contributed by atoms with Crippen LogP contribution in [-0.4, -0.2) is 74.4 Å². The van der Waals surface area contributed by atoms with Crippen LogP contribution >= 0.6 is 0 Å². The van der Waals surface area contributed by atoms with Gasteiger partial charge in [-0.15, -0.1) is 0 Å². The summed E-state index contributed by atoms with van der Waals surface area (Å²) in [6, 6.07) is 0. The van der Waals surface area contributed by atoms with Gasteiger partial charge in [-0.05, 0) is 46.8 Å². The molecule has 26 heavy (non-hydrogen) atoms. The summed E-state index contributed by atoms with van der Waals surface area (Å²) < 4.78 is 53.8. The quantitative estimate of drug-likeness (QED) is 0.288. The van der Waals surface area contributed by atoms with Gasteiger partial charge in [-0.3, -0.25) is 13.9 Å². The lowest BCUT2D eigenvalue weighted by atomic mass is 10.3. The predicted octanol–water partition coefficient (Wildman–Crippen LogP) is 1.20. The van der Waals surface area contributed by atoms with Crippen molar-refractivity contribution in [1.29, 1.82) is 0 Å². The second kappa shape index (κ2) is 16.2. The van der Waals surface area contributed by atoms with Crippen molar-refractivity contribution >= 4 is 26.1 Å². The highest BCUT2D eigenvalue weighted by Crippen LogP contribution is 1.90. The van der Waals surface area contributed by atoms with Gasteiger partial charge >= 0.3 is 0 Å². The Balaban J connectivity index is -0.000000364. The maximum Gasteiger partial charge on any atom is 0.264 e. The Hall–Kier alpha value is -1.01. The molecular weight excluding hydrogens is 384 g/mol. The fraction of sp³-hybridized carbons (Fsp3) is 0.800. The monoisotopic (exact) mass is 418 g/mol. The van der Waals surface area contributed by atoms with Crippen LogP contribution in [0.3, 0.4) is 0 Å². The van der Waals surface area contributed by atoms with Crippen molar-refractivity contribution in [2.75, 3.05) is 37.7 Å². The molecular formula is C15H34N2O7S2. The molecule has 0 aromatic rings. The third-order valence-electron chi connectivity index (χ3n) is 2.95. The van der Waals surface area contributed by atoms with Crippen molar-refractivity contribution in [3.05, 3.63) is 12.2 Å². The van der Waals surface area contributed by atoms with Crippen molar-refractivity contribution in [1.82, 2.24) is 10.2 Å². The Morgan fingerprint density at radius 1 is 0.962 bits per heavy atom. The summed E-state index contributed by atoms with van der Waals surface area (Å²) in [5.74, 6) is -0.440. The summed E-state index contributed by atoms with van der Waals surface area (Å²) >= 11 is 0. The minimum absolute atomic E-state index is 0.0375. The van der Waals surface area contributed by atoms with E-state index in [2.05, 4.69) is 30.6 Å². The zero-order valence-corrected chi connectivity index (χ0v) is 18.0. The average Bonchev–Trinajstić information content (AvgIpc) is 2.54. The van der Waals surface area contributed by atoms with Gasteiger partial charge in [-0.2, -0.15) is 16.8 Å². The Bertz CT molecular complexity index is 551. The summed E-state index contributed by atoms with van der Waals surface area (Å²) in [6.07, 6.45) is 1.00. The van der Waals surface area contributed by atoms with Crippen LogP contribution in [0.2, 0.25) is 0 Å². The van der Waals surface area contributed by atoms with Crippen LogP contribution in [0.5, 0.6) is 0 Å². The number of hydrogen-bond acceptors (Lipinski definition) is 6. The van der Waals surface area contributed by atoms with E-state index in [0.29, 0.717) is 5.57 Å². The molecule has 0 atom stereocenters. The van der Waals surface area contributed by atoms with Gasteiger partial charge < -0.3 is 10.2 Å². The van der Waals surface area contributed by atoms with Crippen LogP contribution < -0.4 is 5.32 Å². The standard InChI is InChI=1S/C11H22N2O.2C2H6O3S/c1-5-13(6-2)9-7-8-12-11(14)10(3)4;2*1-2-6(3,4)5/h3,5-9H2,1-2,4H3,(H,12,14);2*2H2,1H3,(H,3,4,5). The first kappa shape index (κ1) is 29.7. The largest absolute Gasteiger partial charge is 0.352 e. The number of rotatable bonds is 9. The second-order valence-electron chi connectivity index (χ2n) is 5.16. The minimum atomic E-state index is -3.66. The normalized spacial score (nSPS) is 10.9. The highest BCUT2D eigenvalue weighted by Gasteiger charge is 2.01. The molecule has 0 aliphatic heterocycles. The van der Waals surface area contributed by atoms with E-state index in [9.17, 15) is 21.6 Å². The zero-order chi connectivity index (χ0) is 21.4. The lowest BCUT2D eigenvalue weighted by Crippen LogP contribution is -2.30. The van der Waals surface area contributed by atoms with E-state index in [1.54, 1.807) is 6.92 Å². The van der Waals surface area contributed by atoms with Gasteiger partial charge in [-0.1, -0.05) is 20.4 Å². The molecule has 0 spiro atoms. The first-order valence-electron chi connectivity index (χ1n) is 8.30. The second-order valence-corrected chi connectivity index (χ2v) is 8.64. The Labute approximate surface area is 158 Å². The SMILES string of the molecule is C=C(C)C(=O)NCCCN(CC)CC.CCS(=O)(=O)O.CCS(=O)(=O)O. The molecule has 0 aliphatic carbocycles. The van der Waals surface area contributed by atoms with E-state index < -0.39 is 20.2 Å². The molecule has 1 amide bonds. The van der Waals surface area contributed by atoms with E-state index in [1.165, 1.54) is 13.8 Å². The molecule has 0 aromatic heterocycles. The molecule has 0 unspecified atom stereocenters. The molecule has 0 bridgehead atoms. The van der Waals surface area contributed by atoms with Crippen LogP contribution in [0.4, 0.5) is 0 Å². The van der Waals surface area contributed by atoms with E-state index in [4.69, 9.17) is 9.11 Å². The first-order chi connectivity index (χ1) is 11.7. The van der Waals surface area contributed by atoms with Crippen molar-refractivity contribution in [3.63, 3.8) is 0 Å². The number of amides is 1. The van der Waals surface area contributed by atoms with E-state index >= 15 is 0 Å². The lowest BCUT2D eigenvalue weighted by molar-refractivity contribution is -0.117. The fourth-order valence-corrected chi connectivity index (χ4v) is 1.20. The van der Waals surface area contributed by atoms with Crippen LogP contribution in [0, 0.1) is 0 Å². The van der Waals surface area contributed by atoms with Crippen molar-refractivity contribution in [2.45, 2.75) is 41.0 Å². The molecule has 11 heteroatoms. The van der Waals surface area contributed by atoms with Gasteiger partial charge in [0.05, 0.1) is 11.5 Å². The van der Waals surface area contributed by atoms with Crippen LogP contribution in [0.15, 0.2) is 12.2 Å². The highest BCUT2D eigenvalue weighted by molar-refractivity contribution is 7.85. The molecule has 158 valence electrons.